The Labute approximate surface area is 78.7 Å². The second-order valence-corrected chi connectivity index (χ2v) is 3.24. The van der Waals surface area contributed by atoms with Crippen molar-refractivity contribution in [3.05, 3.63) is 28.7 Å². The highest BCUT2D eigenvalue weighted by molar-refractivity contribution is 9.10. The van der Waals surface area contributed by atoms with Crippen molar-refractivity contribution in [2.45, 2.75) is 0 Å². The molecular formula is C8H8BrNO2. The average Bonchev–Trinajstić information content (AvgIpc) is 2.03. The van der Waals surface area contributed by atoms with Crippen LogP contribution in [0.2, 0.25) is 0 Å². The zero-order chi connectivity index (χ0) is 9.14. The second kappa shape index (κ2) is 3.58. The molecule has 0 aliphatic heterocycles. The maximum Gasteiger partial charge on any atom is 0.411 e. The van der Waals surface area contributed by atoms with Crippen LogP contribution in [-0.4, -0.2) is 18.2 Å². The van der Waals surface area contributed by atoms with Crippen molar-refractivity contribution in [1.82, 2.24) is 0 Å². The first kappa shape index (κ1) is 9.06. The van der Waals surface area contributed by atoms with Crippen molar-refractivity contribution in [3.63, 3.8) is 0 Å². The van der Waals surface area contributed by atoms with E-state index in [2.05, 4.69) is 15.9 Å². The molecular weight excluding hydrogens is 222 g/mol. The summed E-state index contributed by atoms with van der Waals surface area (Å²) in [6.45, 7) is 0. The van der Waals surface area contributed by atoms with Crippen LogP contribution < -0.4 is 4.90 Å². The van der Waals surface area contributed by atoms with Crippen LogP contribution in [0.4, 0.5) is 10.5 Å². The fraction of sp³-hybridized carbons (Fsp3) is 0.125. The van der Waals surface area contributed by atoms with Crippen molar-refractivity contribution in [2.75, 3.05) is 11.9 Å². The molecule has 0 atom stereocenters. The zero-order valence-corrected chi connectivity index (χ0v) is 8.08. The minimum absolute atomic E-state index is 0.650. The number of amides is 1. The third kappa shape index (κ3) is 1.98. The van der Waals surface area contributed by atoms with Crippen LogP contribution in [0.25, 0.3) is 0 Å². The second-order valence-electron chi connectivity index (χ2n) is 2.32. The van der Waals surface area contributed by atoms with Gasteiger partial charge in [0, 0.05) is 17.2 Å². The number of anilines is 1. The fourth-order valence-corrected chi connectivity index (χ4v) is 1.18. The topological polar surface area (TPSA) is 40.5 Å². The number of nitrogens with zero attached hydrogens (tertiary/aromatic N) is 1. The van der Waals surface area contributed by atoms with E-state index < -0.39 is 6.09 Å². The molecule has 64 valence electrons. The highest BCUT2D eigenvalue weighted by Crippen LogP contribution is 2.18. The summed E-state index contributed by atoms with van der Waals surface area (Å²) >= 11 is 3.26. The van der Waals surface area contributed by atoms with E-state index in [0.717, 1.165) is 9.37 Å². The van der Waals surface area contributed by atoms with Crippen molar-refractivity contribution in [3.8, 4) is 0 Å². The van der Waals surface area contributed by atoms with E-state index in [0.29, 0.717) is 5.69 Å². The van der Waals surface area contributed by atoms with Crippen molar-refractivity contribution in [1.29, 1.82) is 0 Å². The van der Waals surface area contributed by atoms with Crippen LogP contribution in [0.15, 0.2) is 28.7 Å². The fourth-order valence-electron chi connectivity index (χ4n) is 0.795. The lowest BCUT2D eigenvalue weighted by Crippen LogP contribution is -2.23. The molecule has 0 heterocycles. The van der Waals surface area contributed by atoms with Crippen molar-refractivity contribution < 1.29 is 9.90 Å². The lowest BCUT2D eigenvalue weighted by Gasteiger charge is -2.12. The Bertz CT molecular complexity index is 301. The standard InChI is InChI=1S/C8H8BrNO2/c1-10(8(11)12)7-4-2-3-6(9)5-7/h2-5H,1H3,(H,11,12). The number of hydrogen-bond donors (Lipinski definition) is 1. The molecule has 0 radical (unpaired) electrons. The molecule has 12 heavy (non-hydrogen) atoms. The van der Waals surface area contributed by atoms with Crippen molar-refractivity contribution in [2.24, 2.45) is 0 Å². The SMILES string of the molecule is CN(C(=O)O)c1cccc(Br)c1. The molecule has 1 amide bonds. The molecule has 1 aromatic carbocycles. The molecule has 3 nitrogen and oxygen atoms in total. The molecule has 1 rings (SSSR count). The van der Waals surface area contributed by atoms with Crippen LogP contribution in [0.1, 0.15) is 0 Å². The minimum atomic E-state index is -0.965. The minimum Gasteiger partial charge on any atom is -0.465 e. The van der Waals surface area contributed by atoms with E-state index in [9.17, 15) is 4.79 Å². The average molecular weight is 230 g/mol. The monoisotopic (exact) mass is 229 g/mol. The maximum atomic E-state index is 10.5. The van der Waals surface area contributed by atoms with Gasteiger partial charge in [-0.15, -0.1) is 0 Å². The summed E-state index contributed by atoms with van der Waals surface area (Å²) in [6.07, 6.45) is -0.965. The third-order valence-electron chi connectivity index (χ3n) is 1.48. The summed E-state index contributed by atoms with van der Waals surface area (Å²) in [5.41, 5.74) is 0.650. The Balaban J connectivity index is 2.95. The van der Waals surface area contributed by atoms with Crippen LogP contribution in [-0.2, 0) is 0 Å². The molecule has 0 fully saturated rings. The Morgan fingerprint density at radius 1 is 1.58 bits per heavy atom. The van der Waals surface area contributed by atoms with Gasteiger partial charge in [0.05, 0.1) is 0 Å². The quantitative estimate of drug-likeness (QED) is 0.805. The number of carbonyl (C=O) groups is 1. The first-order valence-electron chi connectivity index (χ1n) is 3.33. The summed E-state index contributed by atoms with van der Waals surface area (Å²) in [4.78, 5) is 11.7. The third-order valence-corrected chi connectivity index (χ3v) is 1.98. The van der Waals surface area contributed by atoms with Crippen LogP contribution in [0, 0.1) is 0 Å². The molecule has 0 saturated heterocycles. The summed E-state index contributed by atoms with van der Waals surface area (Å²) in [5, 5.41) is 8.64. The number of hydrogen-bond acceptors (Lipinski definition) is 1. The van der Waals surface area contributed by atoms with E-state index >= 15 is 0 Å². The van der Waals surface area contributed by atoms with Gasteiger partial charge in [-0.2, -0.15) is 0 Å². The predicted octanol–water partition coefficient (Wildman–Crippen LogP) is 2.56. The normalized spacial score (nSPS) is 9.50. The van der Waals surface area contributed by atoms with Crippen molar-refractivity contribution >= 4 is 27.7 Å². The van der Waals surface area contributed by atoms with Gasteiger partial charge in [-0.25, -0.2) is 4.79 Å². The first-order chi connectivity index (χ1) is 5.61. The van der Waals surface area contributed by atoms with Gasteiger partial charge in [0.2, 0.25) is 0 Å². The van der Waals surface area contributed by atoms with Crippen LogP contribution >= 0.6 is 15.9 Å². The van der Waals surface area contributed by atoms with E-state index in [-0.39, 0.29) is 0 Å². The molecule has 1 N–H and O–H groups in total. The van der Waals surface area contributed by atoms with Gasteiger partial charge in [-0.3, -0.25) is 4.90 Å². The van der Waals surface area contributed by atoms with Crippen LogP contribution in [0.5, 0.6) is 0 Å². The Kier molecular flexibility index (Phi) is 2.70. The molecule has 0 aromatic heterocycles. The van der Waals surface area contributed by atoms with Crippen LogP contribution in [0.3, 0.4) is 0 Å². The molecule has 0 spiro atoms. The maximum absolute atomic E-state index is 10.5. The molecule has 0 aliphatic rings. The van der Waals surface area contributed by atoms with E-state index in [1.54, 1.807) is 18.2 Å². The summed E-state index contributed by atoms with van der Waals surface area (Å²) in [6, 6.07) is 7.12. The van der Waals surface area contributed by atoms with Gasteiger partial charge in [0.15, 0.2) is 0 Å². The zero-order valence-electron chi connectivity index (χ0n) is 6.49. The first-order valence-corrected chi connectivity index (χ1v) is 4.13. The lowest BCUT2D eigenvalue weighted by atomic mass is 10.3. The number of halogens is 1. The largest absolute Gasteiger partial charge is 0.465 e. The van der Waals surface area contributed by atoms with E-state index in [1.165, 1.54) is 7.05 Å². The molecule has 0 aliphatic carbocycles. The Hall–Kier alpha value is -1.03. The number of benzene rings is 1. The highest BCUT2D eigenvalue weighted by Gasteiger charge is 2.07. The molecule has 0 unspecified atom stereocenters. The Morgan fingerprint density at radius 2 is 2.25 bits per heavy atom. The molecule has 0 saturated carbocycles. The van der Waals surface area contributed by atoms with Gasteiger partial charge in [-0.05, 0) is 18.2 Å². The van der Waals surface area contributed by atoms with E-state index in [4.69, 9.17) is 5.11 Å². The lowest BCUT2D eigenvalue weighted by molar-refractivity contribution is 0.203. The van der Waals surface area contributed by atoms with Gasteiger partial charge in [0.25, 0.3) is 0 Å². The summed E-state index contributed by atoms with van der Waals surface area (Å²) in [5.74, 6) is 0. The van der Waals surface area contributed by atoms with Gasteiger partial charge in [-0.1, -0.05) is 22.0 Å². The van der Waals surface area contributed by atoms with Gasteiger partial charge >= 0.3 is 6.09 Å². The predicted molar refractivity (Wildman–Crippen MR) is 50.6 cm³/mol. The summed E-state index contributed by atoms with van der Waals surface area (Å²) in [7, 11) is 1.50. The summed E-state index contributed by atoms with van der Waals surface area (Å²) < 4.78 is 0.869. The smallest absolute Gasteiger partial charge is 0.411 e. The molecule has 1 aromatic rings. The number of carboxylic acid groups (broad SMARTS) is 1. The Morgan fingerprint density at radius 3 is 2.75 bits per heavy atom. The highest BCUT2D eigenvalue weighted by atomic mass is 79.9. The van der Waals surface area contributed by atoms with Gasteiger partial charge in [0.1, 0.15) is 0 Å². The van der Waals surface area contributed by atoms with Gasteiger partial charge < -0.3 is 5.11 Å². The number of rotatable bonds is 1. The van der Waals surface area contributed by atoms with E-state index in [1.807, 2.05) is 6.07 Å². The molecule has 0 bridgehead atoms. The molecule has 4 heteroatoms.